The normalized spacial score (nSPS) is 10.6. The average Bonchev–Trinajstić information content (AvgIpc) is 3.02. The molecule has 0 radical (unpaired) electrons. The fraction of sp³-hybridized carbons (Fsp3) is 0.0667. The molecule has 0 aliphatic rings. The van der Waals surface area contributed by atoms with Gasteiger partial charge in [-0.1, -0.05) is 46.8 Å². The van der Waals surface area contributed by atoms with E-state index in [0.29, 0.717) is 15.7 Å². The van der Waals surface area contributed by atoms with E-state index in [1.165, 1.54) is 17.5 Å². The molecule has 1 N–H and O–H groups in total. The number of pyridine rings is 1. The number of nitrogens with zero attached hydrogens (tertiary/aromatic N) is 3. The SMILES string of the molecule is O=C(Nc1nnc(SCc2ccc(Cl)cc2)s1)c1cncc(Br)c1. The molecule has 0 aliphatic carbocycles. The summed E-state index contributed by atoms with van der Waals surface area (Å²) in [5, 5.41) is 12.0. The van der Waals surface area contributed by atoms with Crippen LogP contribution < -0.4 is 5.32 Å². The van der Waals surface area contributed by atoms with E-state index >= 15 is 0 Å². The number of nitrogens with one attached hydrogen (secondary N) is 1. The summed E-state index contributed by atoms with van der Waals surface area (Å²) in [7, 11) is 0. The molecule has 2 heterocycles. The molecule has 0 fully saturated rings. The summed E-state index contributed by atoms with van der Waals surface area (Å²) in [6.45, 7) is 0. The third kappa shape index (κ3) is 4.76. The first-order valence-corrected chi connectivity index (χ1v) is 9.70. The second kappa shape index (κ2) is 8.06. The number of benzene rings is 1. The number of carbonyl (C=O) groups is 1. The molecule has 9 heteroatoms. The highest BCUT2D eigenvalue weighted by molar-refractivity contribution is 9.10. The second-order valence-electron chi connectivity index (χ2n) is 4.63. The first kappa shape index (κ1) is 17.3. The Kier molecular flexibility index (Phi) is 5.83. The number of hydrogen-bond donors (Lipinski definition) is 1. The van der Waals surface area contributed by atoms with Crippen LogP contribution in [0.4, 0.5) is 5.13 Å². The molecule has 0 aliphatic heterocycles. The van der Waals surface area contributed by atoms with Gasteiger partial charge in [-0.3, -0.25) is 15.1 Å². The molecule has 0 atom stereocenters. The molecule has 1 aromatic carbocycles. The van der Waals surface area contributed by atoms with Crippen LogP contribution in [0.2, 0.25) is 5.02 Å². The van der Waals surface area contributed by atoms with E-state index < -0.39 is 0 Å². The minimum atomic E-state index is -0.269. The van der Waals surface area contributed by atoms with E-state index in [1.807, 2.05) is 24.3 Å². The summed E-state index contributed by atoms with van der Waals surface area (Å²) in [6.07, 6.45) is 3.12. The van der Waals surface area contributed by atoms with Crippen molar-refractivity contribution in [2.45, 2.75) is 10.1 Å². The van der Waals surface area contributed by atoms with Gasteiger partial charge in [0, 0.05) is 27.6 Å². The smallest absolute Gasteiger partial charge is 0.259 e. The van der Waals surface area contributed by atoms with Crippen LogP contribution in [0.15, 0.2) is 51.5 Å². The first-order valence-electron chi connectivity index (χ1n) is 6.73. The highest BCUT2D eigenvalue weighted by Crippen LogP contribution is 2.28. The Bertz CT molecular complexity index is 857. The van der Waals surface area contributed by atoms with Crippen molar-refractivity contribution in [3.05, 3.63) is 63.3 Å². The Morgan fingerprint density at radius 2 is 2.04 bits per heavy atom. The Labute approximate surface area is 160 Å². The summed E-state index contributed by atoms with van der Waals surface area (Å²) < 4.78 is 1.53. The van der Waals surface area contributed by atoms with Crippen LogP contribution in [-0.2, 0) is 5.75 Å². The molecular formula is C15H10BrClN4OS2. The van der Waals surface area contributed by atoms with Crippen LogP contribution in [0.25, 0.3) is 0 Å². The van der Waals surface area contributed by atoms with Crippen LogP contribution in [0, 0.1) is 0 Å². The summed E-state index contributed by atoms with van der Waals surface area (Å²) in [4.78, 5) is 16.1. The Hall–Kier alpha value is -1.48. The maximum absolute atomic E-state index is 12.1. The minimum absolute atomic E-state index is 0.269. The van der Waals surface area contributed by atoms with Crippen LogP contribution in [0.3, 0.4) is 0 Å². The molecule has 2 aromatic heterocycles. The minimum Gasteiger partial charge on any atom is -0.296 e. The van der Waals surface area contributed by atoms with Gasteiger partial charge in [0.1, 0.15) is 0 Å². The van der Waals surface area contributed by atoms with Gasteiger partial charge in [0.25, 0.3) is 5.91 Å². The van der Waals surface area contributed by atoms with Crippen molar-refractivity contribution < 1.29 is 4.79 Å². The van der Waals surface area contributed by atoms with Crippen molar-refractivity contribution >= 4 is 61.7 Å². The molecule has 3 rings (SSSR count). The lowest BCUT2D eigenvalue weighted by atomic mass is 10.2. The molecule has 0 bridgehead atoms. The summed E-state index contributed by atoms with van der Waals surface area (Å²) >= 11 is 12.0. The summed E-state index contributed by atoms with van der Waals surface area (Å²) in [5.74, 6) is 0.490. The molecule has 0 saturated carbocycles. The monoisotopic (exact) mass is 440 g/mol. The molecule has 1 amide bonds. The zero-order valence-electron chi connectivity index (χ0n) is 12.1. The first-order chi connectivity index (χ1) is 11.6. The van der Waals surface area contributed by atoms with Gasteiger partial charge in [0.05, 0.1) is 5.56 Å². The second-order valence-corrected chi connectivity index (χ2v) is 8.19. The van der Waals surface area contributed by atoms with Crippen molar-refractivity contribution in [1.29, 1.82) is 0 Å². The molecular weight excluding hydrogens is 432 g/mol. The quantitative estimate of drug-likeness (QED) is 0.451. The fourth-order valence-electron chi connectivity index (χ4n) is 1.75. The van der Waals surface area contributed by atoms with Crippen LogP contribution in [-0.4, -0.2) is 21.1 Å². The topological polar surface area (TPSA) is 67.8 Å². The third-order valence-electron chi connectivity index (χ3n) is 2.87. The van der Waals surface area contributed by atoms with Crippen molar-refractivity contribution in [2.24, 2.45) is 0 Å². The van der Waals surface area contributed by atoms with Gasteiger partial charge < -0.3 is 0 Å². The van der Waals surface area contributed by atoms with Gasteiger partial charge in [-0.2, -0.15) is 0 Å². The van der Waals surface area contributed by atoms with E-state index in [2.05, 4.69) is 36.4 Å². The van der Waals surface area contributed by atoms with E-state index in [4.69, 9.17) is 11.6 Å². The number of carbonyl (C=O) groups excluding carboxylic acids is 1. The number of halogens is 2. The van der Waals surface area contributed by atoms with Crippen molar-refractivity contribution in [2.75, 3.05) is 5.32 Å². The lowest BCUT2D eigenvalue weighted by molar-refractivity contribution is 0.102. The molecule has 0 saturated heterocycles. The molecule has 5 nitrogen and oxygen atoms in total. The summed E-state index contributed by atoms with van der Waals surface area (Å²) in [5.41, 5.74) is 1.60. The number of aromatic nitrogens is 3. The fourth-order valence-corrected chi connectivity index (χ4v) is 3.94. The van der Waals surface area contributed by atoms with Crippen LogP contribution >= 0.6 is 50.6 Å². The van der Waals surface area contributed by atoms with E-state index in [-0.39, 0.29) is 5.91 Å². The summed E-state index contributed by atoms with van der Waals surface area (Å²) in [6, 6.07) is 9.35. The average molecular weight is 442 g/mol. The van der Waals surface area contributed by atoms with Gasteiger partial charge >= 0.3 is 0 Å². The van der Waals surface area contributed by atoms with Gasteiger partial charge in [-0.25, -0.2) is 0 Å². The maximum Gasteiger partial charge on any atom is 0.259 e. The number of anilines is 1. The molecule has 0 unspecified atom stereocenters. The van der Waals surface area contributed by atoms with E-state index in [0.717, 1.165) is 20.1 Å². The van der Waals surface area contributed by atoms with E-state index in [9.17, 15) is 4.79 Å². The van der Waals surface area contributed by atoms with Gasteiger partial charge in [0.2, 0.25) is 5.13 Å². The van der Waals surface area contributed by atoms with Gasteiger partial charge in [-0.05, 0) is 39.7 Å². The zero-order valence-corrected chi connectivity index (χ0v) is 16.0. The predicted octanol–water partition coefficient (Wildman–Crippen LogP) is 4.89. The maximum atomic E-state index is 12.1. The Morgan fingerprint density at radius 3 is 2.79 bits per heavy atom. The number of amides is 1. The number of rotatable bonds is 5. The Balaban J connectivity index is 1.59. The van der Waals surface area contributed by atoms with Crippen molar-refractivity contribution in [1.82, 2.24) is 15.2 Å². The van der Waals surface area contributed by atoms with Gasteiger partial charge in [0.15, 0.2) is 4.34 Å². The largest absolute Gasteiger partial charge is 0.296 e. The highest BCUT2D eigenvalue weighted by Gasteiger charge is 2.11. The van der Waals surface area contributed by atoms with Crippen molar-refractivity contribution in [3.8, 4) is 0 Å². The number of hydrogen-bond acceptors (Lipinski definition) is 6. The van der Waals surface area contributed by atoms with Crippen molar-refractivity contribution in [3.63, 3.8) is 0 Å². The van der Waals surface area contributed by atoms with E-state index in [1.54, 1.807) is 24.0 Å². The molecule has 24 heavy (non-hydrogen) atoms. The predicted molar refractivity (Wildman–Crippen MR) is 101 cm³/mol. The molecule has 3 aromatic rings. The lowest BCUT2D eigenvalue weighted by Gasteiger charge is -2.00. The highest BCUT2D eigenvalue weighted by atomic mass is 79.9. The van der Waals surface area contributed by atoms with Gasteiger partial charge in [-0.15, -0.1) is 10.2 Å². The van der Waals surface area contributed by atoms with Crippen LogP contribution in [0.5, 0.6) is 0 Å². The van der Waals surface area contributed by atoms with Crippen LogP contribution in [0.1, 0.15) is 15.9 Å². The standard InChI is InChI=1S/C15H10BrClN4OS2/c16-11-5-10(6-18-7-11)13(22)19-14-20-21-15(24-14)23-8-9-1-3-12(17)4-2-9/h1-7H,8H2,(H,19,20,22). The molecule has 0 spiro atoms. The Morgan fingerprint density at radius 1 is 1.25 bits per heavy atom. The lowest BCUT2D eigenvalue weighted by Crippen LogP contribution is -2.11. The molecule has 122 valence electrons. The zero-order chi connectivity index (χ0) is 16.9. The third-order valence-corrected chi connectivity index (χ3v) is 5.60. The number of thioether (sulfide) groups is 1.